The van der Waals surface area contributed by atoms with Crippen molar-refractivity contribution in [3.63, 3.8) is 0 Å². The van der Waals surface area contributed by atoms with Gasteiger partial charge in [-0.3, -0.25) is 9.59 Å². The molecule has 1 amide bonds. The van der Waals surface area contributed by atoms with E-state index in [9.17, 15) is 9.59 Å². The third kappa shape index (κ3) is 5.48. The Morgan fingerprint density at radius 1 is 0.966 bits per heavy atom. The van der Waals surface area contributed by atoms with Gasteiger partial charge in [0.25, 0.3) is 5.91 Å². The minimum absolute atomic E-state index is 0.0408. The van der Waals surface area contributed by atoms with Crippen LogP contribution >= 0.6 is 11.8 Å². The number of carbonyl (C=O) groups excluding carboxylic acids is 2. The number of Topliss-reactive ketones (excluding diaryl/α,β-unsaturated/α-hetero) is 1. The molecule has 0 aliphatic carbocycles. The van der Waals surface area contributed by atoms with Crippen LogP contribution < -0.4 is 10.1 Å². The minimum atomic E-state index is -0.227. The van der Waals surface area contributed by atoms with Crippen molar-refractivity contribution >= 4 is 29.1 Å². The van der Waals surface area contributed by atoms with E-state index < -0.39 is 0 Å². The summed E-state index contributed by atoms with van der Waals surface area (Å²) < 4.78 is 5.47. The van der Waals surface area contributed by atoms with Gasteiger partial charge in [0, 0.05) is 33.0 Å². The van der Waals surface area contributed by atoms with Crippen LogP contribution in [0.1, 0.15) is 38.8 Å². The SMILES string of the molecule is COc1ccc(C(=O)Nc2cccc(C(C)=O)c2)cc1CSc1ccc(C)cc1. The third-order valence-corrected chi connectivity index (χ3v) is 5.55. The number of carbonyl (C=O) groups is 2. The minimum Gasteiger partial charge on any atom is -0.496 e. The molecule has 3 aromatic rings. The fourth-order valence-electron chi connectivity index (χ4n) is 2.85. The maximum absolute atomic E-state index is 12.7. The van der Waals surface area contributed by atoms with Gasteiger partial charge in [0.1, 0.15) is 5.75 Å². The highest BCUT2D eigenvalue weighted by atomic mass is 32.2. The molecule has 0 fully saturated rings. The van der Waals surface area contributed by atoms with E-state index in [1.807, 2.05) is 12.1 Å². The van der Waals surface area contributed by atoms with E-state index in [0.29, 0.717) is 22.6 Å². The molecule has 0 spiro atoms. The zero-order valence-corrected chi connectivity index (χ0v) is 17.5. The molecule has 0 saturated carbocycles. The average Bonchev–Trinajstić information content (AvgIpc) is 2.73. The van der Waals surface area contributed by atoms with Crippen LogP contribution in [0.5, 0.6) is 5.75 Å². The Balaban J connectivity index is 1.76. The van der Waals surface area contributed by atoms with E-state index in [4.69, 9.17) is 4.74 Å². The number of methoxy groups -OCH3 is 1. The number of thioether (sulfide) groups is 1. The summed E-state index contributed by atoms with van der Waals surface area (Å²) in [5.74, 6) is 1.17. The van der Waals surface area contributed by atoms with Gasteiger partial charge in [-0.25, -0.2) is 0 Å². The van der Waals surface area contributed by atoms with Crippen LogP contribution in [-0.4, -0.2) is 18.8 Å². The van der Waals surface area contributed by atoms with Gasteiger partial charge in [-0.1, -0.05) is 29.8 Å². The predicted molar refractivity (Wildman–Crippen MR) is 118 cm³/mol. The zero-order chi connectivity index (χ0) is 20.8. The number of ether oxygens (including phenoxy) is 1. The summed E-state index contributed by atoms with van der Waals surface area (Å²) in [4.78, 5) is 25.4. The summed E-state index contributed by atoms with van der Waals surface area (Å²) >= 11 is 1.69. The molecule has 0 aliphatic rings. The lowest BCUT2D eigenvalue weighted by Crippen LogP contribution is -2.12. The highest BCUT2D eigenvalue weighted by Gasteiger charge is 2.12. The molecule has 3 rings (SSSR count). The number of anilines is 1. The Bertz CT molecular complexity index is 1030. The molecular weight excluding hydrogens is 382 g/mol. The maximum atomic E-state index is 12.7. The smallest absolute Gasteiger partial charge is 0.255 e. The largest absolute Gasteiger partial charge is 0.496 e. The molecule has 0 heterocycles. The molecule has 0 aliphatic heterocycles. The Morgan fingerprint density at radius 3 is 2.41 bits per heavy atom. The molecule has 0 radical (unpaired) electrons. The summed E-state index contributed by atoms with van der Waals surface area (Å²) in [5.41, 5.74) is 3.86. The van der Waals surface area contributed by atoms with E-state index in [1.54, 1.807) is 49.2 Å². The quantitative estimate of drug-likeness (QED) is 0.402. The second kappa shape index (κ2) is 9.43. The van der Waals surface area contributed by atoms with Crippen molar-refractivity contribution in [2.75, 3.05) is 12.4 Å². The van der Waals surface area contributed by atoms with Crippen LogP contribution in [0.4, 0.5) is 5.69 Å². The fourth-order valence-corrected chi connectivity index (χ4v) is 3.72. The van der Waals surface area contributed by atoms with Gasteiger partial charge in [0.15, 0.2) is 5.78 Å². The van der Waals surface area contributed by atoms with Gasteiger partial charge in [0.05, 0.1) is 7.11 Å². The van der Waals surface area contributed by atoms with Crippen molar-refractivity contribution < 1.29 is 14.3 Å². The van der Waals surface area contributed by atoms with Crippen LogP contribution in [0.2, 0.25) is 0 Å². The van der Waals surface area contributed by atoms with Crippen molar-refractivity contribution in [2.45, 2.75) is 24.5 Å². The number of rotatable bonds is 7. The number of hydrogen-bond acceptors (Lipinski definition) is 4. The number of aryl methyl sites for hydroxylation is 1. The molecule has 0 saturated heterocycles. The maximum Gasteiger partial charge on any atom is 0.255 e. The van der Waals surface area contributed by atoms with Crippen LogP contribution in [0.15, 0.2) is 71.6 Å². The van der Waals surface area contributed by atoms with Crippen LogP contribution in [0.25, 0.3) is 0 Å². The van der Waals surface area contributed by atoms with E-state index >= 15 is 0 Å². The first-order valence-corrected chi connectivity index (χ1v) is 10.2. The van der Waals surface area contributed by atoms with Crippen molar-refractivity contribution in [3.8, 4) is 5.75 Å². The van der Waals surface area contributed by atoms with Crippen molar-refractivity contribution in [1.29, 1.82) is 0 Å². The molecule has 0 bridgehead atoms. The molecule has 5 heteroatoms. The Morgan fingerprint density at radius 2 is 1.72 bits per heavy atom. The van der Waals surface area contributed by atoms with Crippen molar-refractivity contribution in [2.24, 2.45) is 0 Å². The van der Waals surface area contributed by atoms with Gasteiger partial charge in [-0.15, -0.1) is 11.8 Å². The van der Waals surface area contributed by atoms with Gasteiger partial charge in [-0.2, -0.15) is 0 Å². The van der Waals surface area contributed by atoms with Gasteiger partial charge in [-0.05, 0) is 56.3 Å². The second-order valence-electron chi connectivity index (χ2n) is 6.72. The first-order valence-electron chi connectivity index (χ1n) is 9.25. The summed E-state index contributed by atoms with van der Waals surface area (Å²) in [7, 11) is 1.63. The number of benzene rings is 3. The second-order valence-corrected chi connectivity index (χ2v) is 7.77. The summed E-state index contributed by atoms with van der Waals surface area (Å²) in [5, 5.41) is 2.86. The molecule has 0 unspecified atom stereocenters. The Hall–Kier alpha value is -3.05. The first-order chi connectivity index (χ1) is 14.0. The Kier molecular flexibility index (Phi) is 6.73. The molecule has 0 aromatic heterocycles. The van der Waals surface area contributed by atoms with Gasteiger partial charge in [0.2, 0.25) is 0 Å². The van der Waals surface area contributed by atoms with Gasteiger partial charge >= 0.3 is 0 Å². The number of amides is 1. The van der Waals surface area contributed by atoms with E-state index in [-0.39, 0.29) is 11.7 Å². The molecule has 3 aromatic carbocycles. The topological polar surface area (TPSA) is 55.4 Å². The Labute approximate surface area is 175 Å². The van der Waals surface area contributed by atoms with Crippen LogP contribution in [0.3, 0.4) is 0 Å². The standard InChI is InChI=1S/C24H23NO3S/c1-16-7-10-22(11-8-16)29-15-20-13-19(9-12-23(20)28-3)24(27)25-21-6-4-5-18(14-21)17(2)26/h4-14H,15H2,1-3H3,(H,25,27). The lowest BCUT2D eigenvalue weighted by Gasteiger charge is -2.12. The summed E-state index contributed by atoms with van der Waals surface area (Å²) in [6, 6.07) is 20.7. The highest BCUT2D eigenvalue weighted by Crippen LogP contribution is 2.29. The number of nitrogens with one attached hydrogen (secondary N) is 1. The number of ketones is 1. The monoisotopic (exact) mass is 405 g/mol. The van der Waals surface area contributed by atoms with Gasteiger partial charge < -0.3 is 10.1 Å². The lowest BCUT2D eigenvalue weighted by atomic mass is 10.1. The van der Waals surface area contributed by atoms with E-state index in [1.165, 1.54) is 12.5 Å². The number of hydrogen-bond donors (Lipinski definition) is 1. The highest BCUT2D eigenvalue weighted by molar-refractivity contribution is 7.98. The van der Waals surface area contributed by atoms with Crippen LogP contribution in [-0.2, 0) is 5.75 Å². The zero-order valence-electron chi connectivity index (χ0n) is 16.7. The predicted octanol–water partition coefficient (Wildman–Crippen LogP) is 5.75. The fraction of sp³-hybridized carbons (Fsp3) is 0.167. The molecule has 148 valence electrons. The summed E-state index contributed by atoms with van der Waals surface area (Å²) in [6.45, 7) is 3.56. The molecule has 4 nitrogen and oxygen atoms in total. The third-order valence-electron chi connectivity index (χ3n) is 4.48. The molecule has 0 atom stereocenters. The first kappa shape index (κ1) is 20.7. The average molecular weight is 406 g/mol. The van der Waals surface area contributed by atoms with E-state index in [2.05, 4.69) is 36.5 Å². The molecular formula is C24H23NO3S. The van der Waals surface area contributed by atoms with Crippen LogP contribution in [0, 0.1) is 6.92 Å². The van der Waals surface area contributed by atoms with Crippen molar-refractivity contribution in [1.82, 2.24) is 0 Å². The lowest BCUT2D eigenvalue weighted by molar-refractivity contribution is 0.101. The molecule has 29 heavy (non-hydrogen) atoms. The normalized spacial score (nSPS) is 10.4. The van der Waals surface area contributed by atoms with E-state index in [0.717, 1.165) is 16.2 Å². The molecule has 1 N–H and O–H groups in total. The van der Waals surface area contributed by atoms with Crippen molar-refractivity contribution in [3.05, 3.63) is 89.0 Å². The summed E-state index contributed by atoms with van der Waals surface area (Å²) in [6.07, 6.45) is 0.